The Labute approximate surface area is 409 Å². The quantitative estimate of drug-likeness (QED) is 0.0842. The van der Waals surface area contributed by atoms with Crippen molar-refractivity contribution in [3.63, 3.8) is 0 Å². The highest BCUT2D eigenvalue weighted by molar-refractivity contribution is 7.17. The van der Waals surface area contributed by atoms with Gasteiger partial charge in [0.1, 0.15) is 30.2 Å². The van der Waals surface area contributed by atoms with Gasteiger partial charge in [-0.2, -0.15) is 0 Å². The molecule has 6 heterocycles. The lowest BCUT2D eigenvalue weighted by Gasteiger charge is -2.39. The summed E-state index contributed by atoms with van der Waals surface area (Å²) in [5, 5.41) is 14.8. The Morgan fingerprint density at radius 3 is 2.36 bits per heavy atom. The number of hydrogen-bond acceptors (Lipinski definition) is 14. The molecule has 4 amide bonds. The van der Waals surface area contributed by atoms with Crippen LogP contribution in [-0.4, -0.2) is 157 Å². The third-order valence-corrected chi connectivity index (χ3v) is 14.4. The Morgan fingerprint density at radius 2 is 1.60 bits per heavy atom. The van der Waals surface area contributed by atoms with E-state index >= 15 is 0 Å². The summed E-state index contributed by atoms with van der Waals surface area (Å²) in [6, 6.07) is 6.46. The summed E-state index contributed by atoms with van der Waals surface area (Å²) in [5.74, 6) is -1.88. The van der Waals surface area contributed by atoms with E-state index in [2.05, 4.69) is 31.0 Å². The van der Waals surface area contributed by atoms with E-state index in [1.54, 1.807) is 42.5 Å². The molecule has 0 unspecified atom stereocenters. The molecule has 8 rings (SSSR count). The highest BCUT2D eigenvalue weighted by atomic mass is 32.1. The van der Waals surface area contributed by atoms with Crippen molar-refractivity contribution in [1.82, 2.24) is 45.4 Å². The Bertz CT molecular complexity index is 2580. The number of fused-ring (bicyclic) bond motifs is 2. The minimum absolute atomic E-state index is 0.0156. The number of thiophene rings is 1. The summed E-state index contributed by atoms with van der Waals surface area (Å²) < 4.78 is 60.6. The Hall–Kier alpha value is -5.74. The average molecular weight is 992 g/mol. The van der Waals surface area contributed by atoms with Gasteiger partial charge < -0.3 is 53.8 Å². The van der Waals surface area contributed by atoms with Crippen molar-refractivity contribution in [3.8, 4) is 11.6 Å². The number of carbonyl (C=O) groups excluding carboxylic acids is 4. The summed E-state index contributed by atoms with van der Waals surface area (Å²) in [6.07, 6.45) is 8.48. The van der Waals surface area contributed by atoms with Crippen molar-refractivity contribution in [1.29, 1.82) is 0 Å². The standard InChI is InChI=1S/C49H63F2N9O9S/c1-31(52-2)46(61)55-43(32-7-5-4-6-8-32)48(63)59-17-19-60(20-18-59)49(64)44-42(35-28-36(50)37(51)29-39(35)57(44)3)47(62)54-14-21-65-22-23-66-24-25-67-41-27-34(69-56-41)30-58-15-10-33(11-16-58)68-40-9-13-53-38-12-26-70-45(38)40/h9,12-13,26-29,31-33,43,52H,4-8,10-11,14-25,30H2,1-3H3,(H,54,62)(H,55,61)/t31-,43-/m0/s1. The molecule has 1 saturated carbocycles. The normalized spacial score (nSPS) is 17.2. The van der Waals surface area contributed by atoms with E-state index in [9.17, 15) is 28.0 Å². The van der Waals surface area contributed by atoms with Gasteiger partial charge in [-0.05, 0) is 74.3 Å². The van der Waals surface area contributed by atoms with Crippen LogP contribution in [0.15, 0.2) is 46.4 Å². The van der Waals surface area contributed by atoms with Gasteiger partial charge in [0, 0.05) is 76.6 Å². The zero-order chi connectivity index (χ0) is 49.1. The molecule has 2 atom stereocenters. The molecule has 1 aromatic carbocycles. The second-order valence-corrected chi connectivity index (χ2v) is 19.0. The van der Waals surface area contributed by atoms with Crippen LogP contribution in [0.25, 0.3) is 21.1 Å². The predicted molar refractivity (Wildman–Crippen MR) is 257 cm³/mol. The fourth-order valence-corrected chi connectivity index (χ4v) is 10.3. The number of rotatable bonds is 21. The molecule has 378 valence electrons. The number of hydrogen-bond donors (Lipinski definition) is 3. The number of carbonyl (C=O) groups is 4. The molecule has 2 saturated heterocycles. The second kappa shape index (κ2) is 23.9. The maximum atomic E-state index is 14.7. The molecule has 5 aromatic rings. The number of halogens is 2. The second-order valence-electron chi connectivity index (χ2n) is 18.1. The van der Waals surface area contributed by atoms with Crippen LogP contribution >= 0.6 is 11.3 Å². The SMILES string of the molecule is CN[C@@H](C)C(=O)N[C@H](C(=O)N1CCN(C(=O)c2c(C(=O)NCCOCCOCCOc3cc(CN4CCC(Oc5ccnc6ccsc56)CC4)on3)c3cc(F)c(F)cc3n2C)CC1)C1CCCCC1. The fraction of sp³-hybridized carbons (Fsp3) is 0.551. The monoisotopic (exact) mass is 991 g/mol. The van der Waals surface area contributed by atoms with Gasteiger partial charge >= 0.3 is 0 Å². The van der Waals surface area contributed by atoms with Crippen LogP contribution in [0.5, 0.6) is 11.6 Å². The lowest BCUT2D eigenvalue weighted by molar-refractivity contribution is -0.140. The number of pyridine rings is 1. The van der Waals surface area contributed by atoms with Crippen LogP contribution in [0.4, 0.5) is 8.78 Å². The van der Waals surface area contributed by atoms with Crippen LogP contribution < -0.4 is 25.4 Å². The lowest BCUT2D eigenvalue weighted by atomic mass is 9.83. The maximum Gasteiger partial charge on any atom is 0.271 e. The van der Waals surface area contributed by atoms with Gasteiger partial charge in [-0.25, -0.2) is 8.78 Å². The van der Waals surface area contributed by atoms with E-state index in [0.717, 1.165) is 86.1 Å². The molecule has 0 radical (unpaired) electrons. The number of piperidine rings is 1. The van der Waals surface area contributed by atoms with E-state index < -0.39 is 35.5 Å². The fourth-order valence-electron chi connectivity index (χ4n) is 9.46. The molecule has 0 spiro atoms. The summed E-state index contributed by atoms with van der Waals surface area (Å²) >= 11 is 1.64. The van der Waals surface area contributed by atoms with Gasteiger partial charge in [0.2, 0.25) is 11.8 Å². The van der Waals surface area contributed by atoms with Crippen LogP contribution in [0.1, 0.15) is 78.5 Å². The van der Waals surface area contributed by atoms with Gasteiger partial charge in [0.25, 0.3) is 17.7 Å². The first-order chi connectivity index (χ1) is 34.0. The van der Waals surface area contributed by atoms with Gasteiger partial charge in [-0.1, -0.05) is 19.3 Å². The number of likely N-dealkylation sites (tertiary alicyclic amines) is 1. The molecule has 21 heteroatoms. The van der Waals surface area contributed by atoms with Gasteiger partial charge in [0.05, 0.1) is 60.3 Å². The molecule has 1 aliphatic carbocycles. The third-order valence-electron chi connectivity index (χ3n) is 13.5. The maximum absolute atomic E-state index is 14.7. The van der Waals surface area contributed by atoms with E-state index in [1.165, 1.54) is 16.5 Å². The molecular formula is C49H63F2N9O9S. The van der Waals surface area contributed by atoms with Crippen molar-refractivity contribution in [2.45, 2.75) is 76.6 Å². The van der Waals surface area contributed by atoms with E-state index in [0.29, 0.717) is 18.2 Å². The Morgan fingerprint density at radius 1 is 0.886 bits per heavy atom. The molecule has 18 nitrogen and oxygen atoms in total. The number of ether oxygens (including phenoxy) is 4. The molecule has 70 heavy (non-hydrogen) atoms. The molecule has 3 N–H and O–H groups in total. The molecule has 3 aliphatic rings. The average Bonchev–Trinajstić information content (AvgIpc) is 4.12. The number of benzene rings is 1. The first-order valence-corrected chi connectivity index (χ1v) is 25.1. The van der Waals surface area contributed by atoms with Crippen LogP contribution in [-0.2, 0) is 32.7 Å². The Kier molecular flexibility index (Phi) is 17.3. The minimum atomic E-state index is -1.16. The number of aryl methyl sites for hydroxylation is 1. The highest BCUT2D eigenvalue weighted by Gasteiger charge is 2.38. The zero-order valence-corrected chi connectivity index (χ0v) is 40.8. The van der Waals surface area contributed by atoms with Crippen molar-refractivity contribution in [3.05, 3.63) is 70.6 Å². The van der Waals surface area contributed by atoms with Crippen molar-refractivity contribution in [2.24, 2.45) is 13.0 Å². The van der Waals surface area contributed by atoms with Crippen LogP contribution in [0.2, 0.25) is 0 Å². The molecule has 2 aliphatic heterocycles. The Balaban J connectivity index is 0.751. The summed E-state index contributed by atoms with van der Waals surface area (Å²) in [7, 11) is 3.21. The highest BCUT2D eigenvalue weighted by Crippen LogP contribution is 2.33. The number of nitrogens with one attached hydrogen (secondary N) is 3. The van der Waals surface area contributed by atoms with Gasteiger partial charge in [0.15, 0.2) is 17.4 Å². The van der Waals surface area contributed by atoms with E-state index in [1.807, 2.05) is 17.5 Å². The number of nitrogens with zero attached hydrogens (tertiary/aromatic N) is 6. The number of piperazine rings is 1. The van der Waals surface area contributed by atoms with Crippen LogP contribution in [0.3, 0.4) is 0 Å². The van der Waals surface area contributed by atoms with Crippen molar-refractivity contribution in [2.75, 3.05) is 85.9 Å². The zero-order valence-electron chi connectivity index (χ0n) is 40.0. The van der Waals surface area contributed by atoms with Gasteiger partial charge in [-0.15, -0.1) is 11.3 Å². The largest absolute Gasteiger partial charge is 0.489 e. The number of aromatic nitrogens is 3. The first-order valence-electron chi connectivity index (χ1n) is 24.3. The molecular weight excluding hydrogens is 929 g/mol. The van der Waals surface area contributed by atoms with Crippen molar-refractivity contribution < 1.29 is 51.4 Å². The predicted octanol–water partition coefficient (Wildman–Crippen LogP) is 4.90. The van der Waals surface area contributed by atoms with E-state index in [4.69, 9.17) is 23.5 Å². The number of amides is 4. The topological polar surface area (TPSA) is 195 Å². The molecule has 4 aromatic heterocycles. The summed E-state index contributed by atoms with van der Waals surface area (Å²) in [5.41, 5.74) is 1.00. The van der Waals surface area contributed by atoms with E-state index in [-0.39, 0.29) is 112 Å². The van der Waals surface area contributed by atoms with Crippen molar-refractivity contribution >= 4 is 56.1 Å². The molecule has 3 fully saturated rings. The summed E-state index contributed by atoms with van der Waals surface area (Å²) in [6.45, 7) is 6.01. The first kappa shape index (κ1) is 50.6. The third kappa shape index (κ3) is 12.2. The minimum Gasteiger partial charge on any atom is -0.489 e. The van der Waals surface area contributed by atoms with Gasteiger partial charge in [-0.3, -0.25) is 29.1 Å². The van der Waals surface area contributed by atoms with Crippen LogP contribution in [0, 0.1) is 17.6 Å². The number of likely N-dealkylation sites (N-methyl/N-ethyl adjacent to an activating group) is 1. The smallest absolute Gasteiger partial charge is 0.271 e. The lowest BCUT2D eigenvalue weighted by Crippen LogP contribution is -2.59. The summed E-state index contributed by atoms with van der Waals surface area (Å²) in [4.78, 5) is 64.9. The molecule has 0 bridgehead atoms.